The van der Waals surface area contributed by atoms with E-state index in [-0.39, 0.29) is 28.7 Å². The molecule has 1 aromatic rings. The zero-order valence-corrected chi connectivity index (χ0v) is 14.3. The maximum Gasteiger partial charge on any atom is 0.224 e. The monoisotopic (exact) mass is 341 g/mol. The highest BCUT2D eigenvalue weighted by molar-refractivity contribution is 7.91. The fraction of sp³-hybridized carbons (Fsp3) is 0.688. The predicted octanol–water partition coefficient (Wildman–Crippen LogP) is 2.50. The van der Waals surface area contributed by atoms with Crippen molar-refractivity contribution < 1.29 is 13.2 Å². The van der Waals surface area contributed by atoms with E-state index in [0.29, 0.717) is 13.0 Å². The summed E-state index contributed by atoms with van der Waals surface area (Å²) in [4.78, 5) is 13.7. The lowest BCUT2D eigenvalue weighted by Gasteiger charge is -2.37. The Labute approximate surface area is 136 Å². The van der Waals surface area contributed by atoms with Gasteiger partial charge >= 0.3 is 0 Å². The normalized spacial score (nSPS) is 26.6. The van der Waals surface area contributed by atoms with E-state index in [4.69, 9.17) is 0 Å². The van der Waals surface area contributed by atoms with Crippen molar-refractivity contribution >= 4 is 27.1 Å². The summed E-state index contributed by atoms with van der Waals surface area (Å²) in [5, 5.41) is 5.16. The van der Waals surface area contributed by atoms with Crippen LogP contribution in [0, 0.1) is 5.92 Å². The molecule has 0 spiro atoms. The van der Waals surface area contributed by atoms with E-state index in [1.165, 1.54) is 24.1 Å². The smallest absolute Gasteiger partial charge is 0.224 e. The molecular weight excluding hydrogens is 318 g/mol. The summed E-state index contributed by atoms with van der Waals surface area (Å²) in [5.41, 5.74) is 0.0551. The third kappa shape index (κ3) is 3.38. The Morgan fingerprint density at radius 2 is 2.09 bits per heavy atom. The van der Waals surface area contributed by atoms with E-state index in [2.05, 4.69) is 22.8 Å². The van der Waals surface area contributed by atoms with Gasteiger partial charge in [-0.25, -0.2) is 8.42 Å². The lowest BCUT2D eigenvalue weighted by molar-refractivity contribution is -0.124. The SMILES string of the molecule is O=C(NCC1(c2cccs2)CCCCC1)[C@H]1CCS(=O)(=O)C1. The Kier molecular flexibility index (Phi) is 4.59. The van der Waals surface area contributed by atoms with Crippen LogP contribution in [0.25, 0.3) is 0 Å². The Morgan fingerprint density at radius 1 is 1.32 bits per heavy atom. The van der Waals surface area contributed by atoms with E-state index in [1.54, 1.807) is 11.3 Å². The Hall–Kier alpha value is -0.880. The molecule has 3 rings (SSSR count). The van der Waals surface area contributed by atoms with Crippen molar-refractivity contribution in [3.63, 3.8) is 0 Å². The number of thiophene rings is 1. The van der Waals surface area contributed by atoms with Gasteiger partial charge in [0, 0.05) is 16.8 Å². The number of carbonyl (C=O) groups excluding carboxylic acids is 1. The Morgan fingerprint density at radius 3 is 2.68 bits per heavy atom. The Bertz CT molecular complexity index is 616. The molecule has 2 aliphatic rings. The van der Waals surface area contributed by atoms with E-state index in [9.17, 15) is 13.2 Å². The van der Waals surface area contributed by atoms with Gasteiger partial charge in [0.05, 0.1) is 17.4 Å². The molecule has 1 amide bonds. The third-order valence-electron chi connectivity index (χ3n) is 5.06. The van der Waals surface area contributed by atoms with Crippen LogP contribution < -0.4 is 5.32 Å². The van der Waals surface area contributed by atoms with Crippen LogP contribution in [0.3, 0.4) is 0 Å². The molecule has 1 saturated carbocycles. The van der Waals surface area contributed by atoms with Gasteiger partial charge in [0.1, 0.15) is 0 Å². The van der Waals surface area contributed by atoms with E-state index in [1.807, 2.05) is 0 Å². The van der Waals surface area contributed by atoms with Gasteiger partial charge in [0.15, 0.2) is 9.84 Å². The second-order valence-electron chi connectivity index (χ2n) is 6.64. The van der Waals surface area contributed by atoms with E-state index in [0.717, 1.165) is 12.8 Å². The number of carbonyl (C=O) groups is 1. The molecule has 1 aliphatic carbocycles. The second kappa shape index (κ2) is 6.32. The molecule has 2 fully saturated rings. The fourth-order valence-electron chi connectivity index (χ4n) is 3.72. The van der Waals surface area contributed by atoms with Crippen LogP contribution in [0.4, 0.5) is 0 Å². The van der Waals surface area contributed by atoms with Crippen LogP contribution >= 0.6 is 11.3 Å². The molecule has 122 valence electrons. The topological polar surface area (TPSA) is 63.2 Å². The van der Waals surface area contributed by atoms with Crippen LogP contribution in [0.2, 0.25) is 0 Å². The molecule has 0 unspecified atom stereocenters. The lowest BCUT2D eigenvalue weighted by atomic mass is 9.73. The second-order valence-corrected chi connectivity index (χ2v) is 9.81. The summed E-state index contributed by atoms with van der Waals surface area (Å²) < 4.78 is 23.0. The molecular formula is C16H23NO3S2. The Balaban J connectivity index is 1.66. The average Bonchev–Trinajstić information content (AvgIpc) is 3.15. The minimum absolute atomic E-state index is 0.0187. The molecule has 4 nitrogen and oxygen atoms in total. The molecule has 0 aromatic carbocycles. The predicted molar refractivity (Wildman–Crippen MR) is 88.9 cm³/mol. The largest absolute Gasteiger partial charge is 0.355 e. The third-order valence-corrected chi connectivity index (χ3v) is 7.94. The number of rotatable bonds is 4. The van der Waals surface area contributed by atoms with Gasteiger partial charge in [-0.2, -0.15) is 0 Å². The van der Waals surface area contributed by atoms with Gasteiger partial charge in [0.2, 0.25) is 5.91 Å². The zero-order chi connectivity index (χ0) is 15.6. The number of nitrogens with one attached hydrogen (secondary N) is 1. The van der Waals surface area contributed by atoms with Crippen LogP contribution in [-0.2, 0) is 20.0 Å². The van der Waals surface area contributed by atoms with Crippen molar-refractivity contribution in [1.29, 1.82) is 0 Å². The number of hydrogen-bond donors (Lipinski definition) is 1. The summed E-state index contributed by atoms with van der Waals surface area (Å²) in [6, 6.07) is 4.24. The lowest BCUT2D eigenvalue weighted by Crippen LogP contribution is -2.43. The quantitative estimate of drug-likeness (QED) is 0.915. The van der Waals surface area contributed by atoms with Crippen LogP contribution in [-0.4, -0.2) is 32.4 Å². The van der Waals surface area contributed by atoms with Gasteiger partial charge in [-0.15, -0.1) is 11.3 Å². The van der Waals surface area contributed by atoms with Crippen molar-refractivity contribution in [3.8, 4) is 0 Å². The van der Waals surface area contributed by atoms with Gasteiger partial charge < -0.3 is 5.32 Å². The molecule has 1 atom stereocenters. The molecule has 1 aliphatic heterocycles. The minimum atomic E-state index is -3.00. The molecule has 1 N–H and O–H groups in total. The molecule has 2 heterocycles. The van der Waals surface area contributed by atoms with Crippen LogP contribution in [0.15, 0.2) is 17.5 Å². The van der Waals surface area contributed by atoms with Gasteiger partial charge in [-0.3, -0.25) is 4.79 Å². The van der Waals surface area contributed by atoms with Gasteiger partial charge in [-0.05, 0) is 30.7 Å². The first-order valence-corrected chi connectivity index (χ1v) is 10.7. The highest BCUT2D eigenvalue weighted by Gasteiger charge is 2.37. The van der Waals surface area contributed by atoms with Gasteiger partial charge in [-0.1, -0.05) is 25.3 Å². The molecule has 0 radical (unpaired) electrons. The molecule has 1 saturated heterocycles. The van der Waals surface area contributed by atoms with Crippen molar-refractivity contribution in [2.75, 3.05) is 18.1 Å². The molecule has 22 heavy (non-hydrogen) atoms. The first-order valence-electron chi connectivity index (χ1n) is 8.03. The van der Waals surface area contributed by atoms with E-state index < -0.39 is 9.84 Å². The molecule has 6 heteroatoms. The number of amides is 1. The maximum atomic E-state index is 12.3. The standard InChI is InChI=1S/C16H23NO3S2/c18-15(13-6-10-22(19,20)11-13)17-12-16(7-2-1-3-8-16)14-5-4-9-21-14/h4-5,9,13H,1-3,6-8,10-12H2,(H,17,18)/t13-/m0/s1. The highest BCUT2D eigenvalue weighted by atomic mass is 32.2. The number of sulfone groups is 1. The highest BCUT2D eigenvalue weighted by Crippen LogP contribution is 2.41. The first-order chi connectivity index (χ1) is 10.5. The van der Waals surface area contributed by atoms with Crippen molar-refractivity contribution in [3.05, 3.63) is 22.4 Å². The zero-order valence-electron chi connectivity index (χ0n) is 12.7. The van der Waals surface area contributed by atoms with Crippen molar-refractivity contribution in [2.45, 2.75) is 43.9 Å². The van der Waals surface area contributed by atoms with Crippen molar-refractivity contribution in [1.82, 2.24) is 5.32 Å². The summed E-state index contributed by atoms with van der Waals surface area (Å²) >= 11 is 1.76. The van der Waals surface area contributed by atoms with Gasteiger partial charge in [0.25, 0.3) is 0 Å². The summed E-state index contributed by atoms with van der Waals surface area (Å²) in [6.45, 7) is 0.642. The summed E-state index contributed by atoms with van der Waals surface area (Å²) in [7, 11) is -3.00. The molecule has 1 aromatic heterocycles. The summed E-state index contributed by atoms with van der Waals surface area (Å²) in [5.74, 6) is -0.261. The summed E-state index contributed by atoms with van der Waals surface area (Å²) in [6.07, 6.45) is 6.35. The average molecular weight is 341 g/mol. The van der Waals surface area contributed by atoms with Crippen LogP contribution in [0.1, 0.15) is 43.4 Å². The van der Waals surface area contributed by atoms with E-state index >= 15 is 0 Å². The fourth-order valence-corrected chi connectivity index (χ4v) is 6.45. The minimum Gasteiger partial charge on any atom is -0.355 e. The maximum absolute atomic E-state index is 12.3. The van der Waals surface area contributed by atoms with Crippen LogP contribution in [0.5, 0.6) is 0 Å². The molecule has 0 bridgehead atoms. The van der Waals surface area contributed by atoms with Crippen molar-refractivity contribution in [2.24, 2.45) is 5.92 Å². The first kappa shape index (κ1) is 16.0. The number of hydrogen-bond acceptors (Lipinski definition) is 4.